The molecule has 98 valence electrons. The first kappa shape index (κ1) is 13.6. The fourth-order valence-corrected chi connectivity index (χ4v) is 1.82. The summed E-state index contributed by atoms with van der Waals surface area (Å²) in [5, 5.41) is 2.86. The van der Waals surface area contributed by atoms with E-state index in [1.54, 1.807) is 24.3 Å². The molecule has 0 unspecified atom stereocenters. The van der Waals surface area contributed by atoms with Crippen LogP contribution in [0.1, 0.15) is 28.4 Å². The van der Waals surface area contributed by atoms with E-state index >= 15 is 0 Å². The second-order valence-corrected chi connectivity index (χ2v) is 4.54. The van der Waals surface area contributed by atoms with Gasteiger partial charge in [-0.05, 0) is 42.8 Å². The summed E-state index contributed by atoms with van der Waals surface area (Å²) < 4.78 is 0. The van der Waals surface area contributed by atoms with Gasteiger partial charge in [-0.15, -0.1) is 6.42 Å². The van der Waals surface area contributed by atoms with Gasteiger partial charge in [0.25, 0.3) is 5.91 Å². The Morgan fingerprint density at radius 3 is 2.55 bits per heavy atom. The topological polar surface area (TPSA) is 29.1 Å². The molecule has 0 atom stereocenters. The first-order chi connectivity index (χ1) is 9.60. The molecule has 0 aromatic heterocycles. The van der Waals surface area contributed by atoms with Gasteiger partial charge in [-0.3, -0.25) is 4.79 Å². The molecule has 0 aliphatic carbocycles. The second kappa shape index (κ2) is 5.90. The van der Waals surface area contributed by atoms with Gasteiger partial charge in [-0.25, -0.2) is 0 Å². The minimum atomic E-state index is -0.180. The maximum atomic E-state index is 12.2. The predicted molar refractivity (Wildman–Crippen MR) is 83.5 cm³/mol. The summed E-state index contributed by atoms with van der Waals surface area (Å²) in [6.45, 7) is 5.82. The number of benzene rings is 2. The van der Waals surface area contributed by atoms with Gasteiger partial charge < -0.3 is 5.32 Å². The molecule has 0 spiro atoms. The summed E-state index contributed by atoms with van der Waals surface area (Å²) in [5.41, 5.74) is 3.92. The molecule has 0 bridgehead atoms. The van der Waals surface area contributed by atoms with Gasteiger partial charge in [0, 0.05) is 16.8 Å². The van der Waals surface area contributed by atoms with Crippen LogP contribution in [-0.2, 0) is 0 Å². The largest absolute Gasteiger partial charge is 0.322 e. The number of rotatable bonds is 3. The van der Waals surface area contributed by atoms with E-state index in [0.717, 1.165) is 16.8 Å². The zero-order valence-corrected chi connectivity index (χ0v) is 11.3. The second-order valence-electron chi connectivity index (χ2n) is 4.54. The summed E-state index contributed by atoms with van der Waals surface area (Å²) >= 11 is 0. The van der Waals surface area contributed by atoms with E-state index in [9.17, 15) is 4.79 Å². The van der Waals surface area contributed by atoms with Crippen LogP contribution in [0.4, 0.5) is 5.69 Å². The van der Waals surface area contributed by atoms with Crippen molar-refractivity contribution >= 4 is 17.2 Å². The highest BCUT2D eigenvalue weighted by Gasteiger charge is 2.06. The van der Waals surface area contributed by atoms with Crippen LogP contribution in [0.15, 0.2) is 55.1 Å². The standard InChI is InChI=1S/C18H15NO/c1-4-14-7-5-9-16(11-14)18(20)19-17-10-6-8-15(12-17)13(2)3/h1,5-12H,2H2,3H3,(H,19,20). The molecule has 2 aromatic carbocycles. The number of hydrogen-bond acceptors (Lipinski definition) is 1. The van der Waals surface area contributed by atoms with Crippen molar-refractivity contribution in [3.8, 4) is 12.3 Å². The number of terminal acetylenes is 1. The van der Waals surface area contributed by atoms with Crippen LogP contribution < -0.4 is 5.32 Å². The Balaban J connectivity index is 2.21. The van der Waals surface area contributed by atoms with E-state index in [1.165, 1.54) is 0 Å². The van der Waals surface area contributed by atoms with Crippen molar-refractivity contribution in [2.45, 2.75) is 6.92 Å². The normalized spacial score (nSPS) is 9.60. The molecule has 2 nitrogen and oxygen atoms in total. The minimum Gasteiger partial charge on any atom is -0.322 e. The lowest BCUT2D eigenvalue weighted by Gasteiger charge is -2.07. The smallest absolute Gasteiger partial charge is 0.255 e. The van der Waals surface area contributed by atoms with Crippen LogP contribution in [0.25, 0.3) is 5.57 Å². The third kappa shape index (κ3) is 3.15. The van der Waals surface area contributed by atoms with Gasteiger partial charge in [0.1, 0.15) is 0 Å². The number of carbonyl (C=O) groups excluding carboxylic acids is 1. The summed E-state index contributed by atoms with van der Waals surface area (Å²) in [6, 6.07) is 14.6. The molecule has 2 rings (SSSR count). The van der Waals surface area contributed by atoms with Gasteiger partial charge in [0.15, 0.2) is 0 Å². The Kier molecular flexibility index (Phi) is 4.02. The molecule has 1 N–H and O–H groups in total. The van der Waals surface area contributed by atoms with E-state index in [-0.39, 0.29) is 5.91 Å². The number of carbonyl (C=O) groups is 1. The van der Waals surface area contributed by atoms with Crippen molar-refractivity contribution < 1.29 is 4.79 Å². The van der Waals surface area contributed by atoms with E-state index in [4.69, 9.17) is 6.42 Å². The molecular formula is C18H15NO. The van der Waals surface area contributed by atoms with Crippen molar-refractivity contribution in [1.82, 2.24) is 0 Å². The summed E-state index contributed by atoms with van der Waals surface area (Å²) in [7, 11) is 0. The molecule has 0 fully saturated rings. The molecule has 0 saturated carbocycles. The van der Waals surface area contributed by atoms with Crippen molar-refractivity contribution in [2.75, 3.05) is 5.32 Å². The van der Waals surface area contributed by atoms with E-state index < -0.39 is 0 Å². The molecule has 0 heterocycles. The van der Waals surface area contributed by atoms with Crippen LogP contribution in [0.5, 0.6) is 0 Å². The van der Waals surface area contributed by atoms with E-state index in [0.29, 0.717) is 11.1 Å². The summed E-state index contributed by atoms with van der Waals surface area (Å²) in [6.07, 6.45) is 5.33. The van der Waals surface area contributed by atoms with Gasteiger partial charge in [-0.2, -0.15) is 0 Å². The Bertz CT molecular complexity index is 707. The zero-order valence-electron chi connectivity index (χ0n) is 11.3. The average molecular weight is 261 g/mol. The molecule has 0 aliphatic heterocycles. The monoisotopic (exact) mass is 261 g/mol. The maximum Gasteiger partial charge on any atom is 0.255 e. The Morgan fingerprint density at radius 2 is 1.85 bits per heavy atom. The lowest BCUT2D eigenvalue weighted by Crippen LogP contribution is -2.12. The third-order valence-electron chi connectivity index (χ3n) is 2.90. The number of anilines is 1. The molecule has 0 aliphatic rings. The highest BCUT2D eigenvalue weighted by atomic mass is 16.1. The molecule has 2 heteroatoms. The van der Waals surface area contributed by atoms with Crippen LogP contribution in [0, 0.1) is 12.3 Å². The van der Waals surface area contributed by atoms with Crippen LogP contribution in [0.2, 0.25) is 0 Å². The van der Waals surface area contributed by atoms with E-state index in [2.05, 4.69) is 17.8 Å². The minimum absolute atomic E-state index is 0.180. The Morgan fingerprint density at radius 1 is 1.15 bits per heavy atom. The molecule has 2 aromatic rings. The number of amides is 1. The number of nitrogens with one attached hydrogen (secondary N) is 1. The molecule has 0 radical (unpaired) electrons. The Labute approximate surface area is 119 Å². The number of allylic oxidation sites excluding steroid dienone is 1. The maximum absolute atomic E-state index is 12.2. The SMILES string of the molecule is C#Cc1cccc(C(=O)Nc2cccc(C(=C)C)c2)c1. The number of hydrogen-bond donors (Lipinski definition) is 1. The van der Waals surface area contributed by atoms with Gasteiger partial charge in [-0.1, -0.05) is 36.3 Å². The molecule has 1 amide bonds. The van der Waals surface area contributed by atoms with Gasteiger partial charge in [0.05, 0.1) is 0 Å². The Hall–Kier alpha value is -2.79. The summed E-state index contributed by atoms with van der Waals surface area (Å²) in [5.74, 6) is 2.34. The van der Waals surface area contributed by atoms with Gasteiger partial charge in [0.2, 0.25) is 0 Å². The first-order valence-electron chi connectivity index (χ1n) is 6.24. The fraction of sp³-hybridized carbons (Fsp3) is 0.0556. The predicted octanol–water partition coefficient (Wildman–Crippen LogP) is 3.95. The quantitative estimate of drug-likeness (QED) is 0.833. The fourth-order valence-electron chi connectivity index (χ4n) is 1.82. The first-order valence-corrected chi connectivity index (χ1v) is 6.24. The molecule has 20 heavy (non-hydrogen) atoms. The highest BCUT2D eigenvalue weighted by molar-refractivity contribution is 6.04. The highest BCUT2D eigenvalue weighted by Crippen LogP contribution is 2.17. The van der Waals surface area contributed by atoms with Crippen LogP contribution in [0.3, 0.4) is 0 Å². The summed E-state index contributed by atoms with van der Waals surface area (Å²) in [4.78, 5) is 12.2. The third-order valence-corrected chi connectivity index (χ3v) is 2.90. The van der Waals surface area contributed by atoms with Crippen LogP contribution >= 0.6 is 0 Å². The zero-order chi connectivity index (χ0) is 14.5. The van der Waals surface area contributed by atoms with Crippen molar-refractivity contribution in [2.24, 2.45) is 0 Å². The van der Waals surface area contributed by atoms with Gasteiger partial charge >= 0.3 is 0 Å². The lowest BCUT2D eigenvalue weighted by molar-refractivity contribution is 0.102. The van der Waals surface area contributed by atoms with E-state index in [1.807, 2.05) is 31.2 Å². The molecular weight excluding hydrogens is 246 g/mol. The van der Waals surface area contributed by atoms with Crippen molar-refractivity contribution in [1.29, 1.82) is 0 Å². The lowest BCUT2D eigenvalue weighted by atomic mass is 10.1. The van der Waals surface area contributed by atoms with Crippen molar-refractivity contribution in [3.05, 3.63) is 71.8 Å². The van der Waals surface area contributed by atoms with Crippen molar-refractivity contribution in [3.63, 3.8) is 0 Å². The molecule has 0 saturated heterocycles. The van der Waals surface area contributed by atoms with Crippen LogP contribution in [-0.4, -0.2) is 5.91 Å². The average Bonchev–Trinajstić information content (AvgIpc) is 2.47.